The first-order valence-corrected chi connectivity index (χ1v) is 25.4. The summed E-state index contributed by atoms with van der Waals surface area (Å²) in [6.07, 6.45) is 0. The van der Waals surface area contributed by atoms with E-state index >= 15 is 0 Å². The maximum absolute atomic E-state index is 5.83. The zero-order chi connectivity index (χ0) is 45.7. The smallest absolute Gasteiger partial charge is 0.306 e. The zero-order valence-corrected chi connectivity index (χ0v) is 38.6. The van der Waals surface area contributed by atoms with Crippen molar-refractivity contribution in [1.29, 1.82) is 0 Å². The Labute approximate surface area is 404 Å². The first-order valence-electron chi connectivity index (χ1n) is 24.0. The quantitative estimate of drug-likeness (QED) is 0.130. The molecule has 0 saturated carbocycles. The summed E-state index contributed by atoms with van der Waals surface area (Å²) >= 11 is 0. The van der Waals surface area contributed by atoms with E-state index in [9.17, 15) is 0 Å². The standard InChI is InChI=1S/C64H39N5P/c1-4-19-40(20-5-1)62-65-61(41-35-37-53-49(39-41)46-27-12-16-31-52(46)64(53)50-29-14-10-25-44(50)45-26-11-15-30-51(45)64)66-63-68(62)55-33-18-34-56-59(55)69(63)60-57(70(56)43-23-8-3-9-24-43)38-36-48-47-28-13-17-32-54(47)67(58(48)60)42-21-6-2-7-22-42/h1-39H/q+1. The number of hydrogen-bond donors (Lipinski definition) is 0. The van der Waals surface area contributed by atoms with Crippen LogP contribution in [0.5, 0.6) is 0 Å². The van der Waals surface area contributed by atoms with Gasteiger partial charge in [-0.25, -0.2) is 4.57 Å². The van der Waals surface area contributed by atoms with Crippen LogP contribution in [0.2, 0.25) is 0 Å². The number of benzene rings is 10. The molecule has 6 heteroatoms. The van der Waals surface area contributed by atoms with E-state index in [1.807, 2.05) is 0 Å². The minimum absolute atomic E-state index is 0.434. The lowest BCUT2D eigenvalue weighted by Crippen LogP contribution is -2.30. The molecule has 3 aromatic heterocycles. The largest absolute Gasteiger partial charge is 0.368 e. The van der Waals surface area contributed by atoms with Gasteiger partial charge in [0.05, 0.1) is 16.4 Å². The van der Waals surface area contributed by atoms with Crippen LogP contribution in [0.3, 0.4) is 0 Å². The molecule has 0 amide bonds. The van der Waals surface area contributed by atoms with Gasteiger partial charge in [-0.15, -0.1) is 4.98 Å². The number of para-hydroxylation sites is 3. The number of aromatic nitrogens is 5. The highest BCUT2D eigenvalue weighted by Gasteiger charge is 2.51. The van der Waals surface area contributed by atoms with Gasteiger partial charge in [0.15, 0.2) is 0 Å². The van der Waals surface area contributed by atoms with Gasteiger partial charge in [-0.1, -0.05) is 187 Å². The van der Waals surface area contributed by atoms with Gasteiger partial charge in [0, 0.05) is 38.2 Å². The van der Waals surface area contributed by atoms with Crippen LogP contribution in [0, 0.1) is 0 Å². The number of hydrogen-bond acceptors (Lipinski definition) is 2. The molecule has 0 fully saturated rings. The van der Waals surface area contributed by atoms with E-state index in [0.717, 1.165) is 45.1 Å². The number of nitrogens with zero attached hydrogens (tertiary/aromatic N) is 5. The maximum atomic E-state index is 5.83. The van der Waals surface area contributed by atoms with Crippen LogP contribution in [-0.4, -0.2) is 19.1 Å². The molecule has 2 aliphatic carbocycles. The summed E-state index contributed by atoms with van der Waals surface area (Å²) in [4.78, 5) is 11.5. The first kappa shape index (κ1) is 38.2. The van der Waals surface area contributed by atoms with Gasteiger partial charge in [0.1, 0.15) is 16.7 Å². The summed E-state index contributed by atoms with van der Waals surface area (Å²) in [5, 5.41) is 6.34. The topological polar surface area (TPSA) is 39.7 Å². The van der Waals surface area contributed by atoms with E-state index in [1.54, 1.807) is 0 Å². The average molecular weight is 909 g/mol. The molecule has 5 nitrogen and oxygen atoms in total. The second-order valence-corrected chi connectivity index (χ2v) is 20.8. The van der Waals surface area contributed by atoms with E-state index in [-0.39, 0.29) is 0 Å². The van der Waals surface area contributed by atoms with Gasteiger partial charge in [-0.2, -0.15) is 4.40 Å². The van der Waals surface area contributed by atoms with Crippen LogP contribution < -0.4 is 20.3 Å². The summed E-state index contributed by atoms with van der Waals surface area (Å²) in [5.41, 5.74) is 18.8. The summed E-state index contributed by atoms with van der Waals surface area (Å²) in [6.45, 7) is 0. The molecule has 324 valence electrons. The average Bonchev–Trinajstić information content (AvgIpc) is 4.14. The van der Waals surface area contributed by atoms with Crippen molar-refractivity contribution >= 4 is 62.5 Å². The van der Waals surface area contributed by atoms with Crippen molar-refractivity contribution in [2.45, 2.75) is 5.41 Å². The van der Waals surface area contributed by atoms with Crippen molar-refractivity contribution in [2.24, 2.45) is 0 Å². The maximum Gasteiger partial charge on any atom is 0.368 e. The zero-order valence-electron chi connectivity index (χ0n) is 37.7. The Bertz CT molecular complexity index is 4320. The third-order valence-electron chi connectivity index (χ3n) is 15.3. The van der Waals surface area contributed by atoms with E-state index in [0.29, 0.717) is 5.82 Å². The highest BCUT2D eigenvalue weighted by molar-refractivity contribution is 7.80. The molecular formula is C64H39N5P+. The lowest BCUT2D eigenvalue weighted by molar-refractivity contribution is -0.475. The second-order valence-electron chi connectivity index (χ2n) is 18.7. The van der Waals surface area contributed by atoms with Gasteiger partial charge >= 0.3 is 5.78 Å². The van der Waals surface area contributed by atoms with Crippen LogP contribution in [0.4, 0.5) is 0 Å². The monoisotopic (exact) mass is 908 g/mol. The van der Waals surface area contributed by atoms with Crippen molar-refractivity contribution < 1.29 is 4.40 Å². The van der Waals surface area contributed by atoms with Crippen LogP contribution >= 0.6 is 7.92 Å². The summed E-state index contributed by atoms with van der Waals surface area (Å²) in [6, 6.07) is 87.1. The number of fused-ring (bicyclic) bond motifs is 19. The number of imidazole rings is 1. The molecule has 0 radical (unpaired) electrons. The molecule has 0 bridgehead atoms. The lowest BCUT2D eigenvalue weighted by Gasteiger charge is -2.30. The Balaban J connectivity index is 1.04. The van der Waals surface area contributed by atoms with Gasteiger partial charge < -0.3 is 4.57 Å². The highest BCUT2D eigenvalue weighted by Crippen LogP contribution is 2.63. The van der Waals surface area contributed by atoms with Gasteiger partial charge in [0.25, 0.3) is 5.82 Å². The van der Waals surface area contributed by atoms with Crippen LogP contribution in [0.15, 0.2) is 237 Å². The Morgan fingerprint density at radius 2 is 1.03 bits per heavy atom. The normalized spacial score (nSPS) is 14.5. The van der Waals surface area contributed by atoms with Crippen molar-refractivity contribution in [1.82, 2.24) is 19.1 Å². The van der Waals surface area contributed by atoms with Crippen LogP contribution in [0.1, 0.15) is 22.3 Å². The molecule has 10 aromatic carbocycles. The molecule has 1 aliphatic heterocycles. The third kappa shape index (κ3) is 4.86. The van der Waals surface area contributed by atoms with E-state index in [2.05, 4.69) is 250 Å². The molecule has 70 heavy (non-hydrogen) atoms. The Morgan fingerprint density at radius 1 is 0.414 bits per heavy atom. The summed E-state index contributed by atoms with van der Waals surface area (Å²) < 4.78 is 7.29. The summed E-state index contributed by atoms with van der Waals surface area (Å²) in [5.74, 6) is 2.35. The molecule has 1 spiro atoms. The molecule has 13 aromatic rings. The molecule has 0 saturated heterocycles. The summed E-state index contributed by atoms with van der Waals surface area (Å²) in [7, 11) is -0.992. The Morgan fingerprint density at radius 3 is 1.76 bits per heavy atom. The fraction of sp³-hybridized carbons (Fsp3) is 0.0156. The van der Waals surface area contributed by atoms with E-state index < -0.39 is 13.3 Å². The molecule has 4 heterocycles. The van der Waals surface area contributed by atoms with Gasteiger partial charge in [-0.05, 0) is 112 Å². The number of rotatable bonds is 4. The van der Waals surface area contributed by atoms with Gasteiger partial charge in [-0.3, -0.25) is 0 Å². The molecule has 0 N–H and O–H groups in total. The molecule has 3 aliphatic rings. The third-order valence-corrected chi connectivity index (χ3v) is 17.8. The molecule has 1 atom stereocenters. The molecule has 16 rings (SSSR count). The van der Waals surface area contributed by atoms with Crippen LogP contribution in [0.25, 0.3) is 95.0 Å². The highest BCUT2D eigenvalue weighted by atomic mass is 31.1. The van der Waals surface area contributed by atoms with Crippen molar-refractivity contribution in [2.75, 3.05) is 0 Å². The lowest BCUT2D eigenvalue weighted by atomic mass is 9.70. The fourth-order valence-corrected chi connectivity index (χ4v) is 15.2. The predicted octanol–water partition coefficient (Wildman–Crippen LogP) is 13.0. The fourth-order valence-electron chi connectivity index (χ4n) is 12.6. The van der Waals surface area contributed by atoms with Gasteiger partial charge in [0.2, 0.25) is 5.82 Å². The molecule has 1 unspecified atom stereocenters. The van der Waals surface area contributed by atoms with Crippen molar-refractivity contribution in [3.63, 3.8) is 0 Å². The van der Waals surface area contributed by atoms with Crippen molar-refractivity contribution in [3.05, 3.63) is 259 Å². The van der Waals surface area contributed by atoms with E-state index in [1.165, 1.54) is 82.2 Å². The Hall–Kier alpha value is -8.76. The SMILES string of the molecule is c1ccc(-c2nc(-c3ccc4c(c3)-c3ccccc3C43c4ccccc4-c4ccccc43)nc3n4c5c(cccc5[n+]23)P(c2ccccc2)c2ccc3c5ccccc5n(-c5ccccc5)c3c2-4)cc1. The van der Waals surface area contributed by atoms with Crippen LogP contribution in [-0.2, 0) is 5.41 Å². The van der Waals surface area contributed by atoms with E-state index in [4.69, 9.17) is 9.97 Å². The second kappa shape index (κ2) is 14.1. The minimum atomic E-state index is -0.992. The first-order chi connectivity index (χ1) is 34.8. The molecular weight excluding hydrogens is 870 g/mol. The predicted molar refractivity (Wildman–Crippen MR) is 286 cm³/mol. The minimum Gasteiger partial charge on any atom is -0.306 e. The Kier molecular flexibility index (Phi) is 7.73. The van der Waals surface area contributed by atoms with Crippen molar-refractivity contribution in [3.8, 4) is 56.4 Å².